The highest BCUT2D eigenvalue weighted by molar-refractivity contribution is 5.68. The summed E-state index contributed by atoms with van der Waals surface area (Å²) in [5.74, 6) is 0.0391. The number of likely N-dealkylation sites (tertiary alicyclic amines) is 1. The number of hydrogen-bond acceptors (Lipinski definition) is 5. The maximum atomic E-state index is 13.5. The molecule has 1 amide bonds. The van der Waals surface area contributed by atoms with Gasteiger partial charge in [-0.05, 0) is 76.6 Å². The number of rotatable bonds is 4. The van der Waals surface area contributed by atoms with E-state index in [2.05, 4.69) is 21.4 Å². The Morgan fingerprint density at radius 2 is 1.97 bits per heavy atom. The predicted molar refractivity (Wildman–Crippen MR) is 122 cm³/mol. The average Bonchev–Trinajstić information content (AvgIpc) is 3.40. The topological polar surface area (TPSA) is 83.2 Å². The van der Waals surface area contributed by atoms with Gasteiger partial charge in [-0.3, -0.25) is 9.58 Å². The van der Waals surface area contributed by atoms with Crippen LogP contribution in [-0.4, -0.2) is 51.5 Å². The minimum Gasteiger partial charge on any atom is -0.444 e. The molecular weight excluding hydrogens is 421 g/mol. The quantitative estimate of drug-likeness (QED) is 0.743. The summed E-state index contributed by atoms with van der Waals surface area (Å²) in [6, 6.07) is 9.25. The van der Waals surface area contributed by atoms with E-state index in [0.717, 1.165) is 44.3 Å². The van der Waals surface area contributed by atoms with Gasteiger partial charge in [-0.15, -0.1) is 0 Å². The molecule has 176 valence electrons. The first kappa shape index (κ1) is 23.2. The van der Waals surface area contributed by atoms with Gasteiger partial charge >= 0.3 is 6.09 Å². The molecular formula is C25H32FN5O2. The van der Waals surface area contributed by atoms with Gasteiger partial charge in [0.15, 0.2) is 0 Å². The van der Waals surface area contributed by atoms with E-state index in [1.807, 2.05) is 43.8 Å². The maximum Gasteiger partial charge on any atom is 0.407 e. The Balaban J connectivity index is 1.51. The molecule has 1 N–H and O–H groups in total. The van der Waals surface area contributed by atoms with Crippen molar-refractivity contribution in [1.82, 2.24) is 20.0 Å². The van der Waals surface area contributed by atoms with E-state index in [1.165, 1.54) is 12.1 Å². The van der Waals surface area contributed by atoms with E-state index < -0.39 is 5.60 Å². The monoisotopic (exact) mass is 453 g/mol. The third kappa shape index (κ3) is 5.72. The number of nitriles is 1. The summed E-state index contributed by atoms with van der Waals surface area (Å²) in [5, 5.41) is 16.8. The largest absolute Gasteiger partial charge is 0.444 e. The van der Waals surface area contributed by atoms with Crippen molar-refractivity contribution in [2.24, 2.45) is 0 Å². The molecule has 7 nitrogen and oxygen atoms in total. The van der Waals surface area contributed by atoms with Crippen molar-refractivity contribution in [3.05, 3.63) is 53.6 Å². The molecule has 2 aromatic rings. The number of nitrogens with zero attached hydrogens (tertiary/aromatic N) is 4. The Morgan fingerprint density at radius 1 is 1.24 bits per heavy atom. The Kier molecular flexibility index (Phi) is 6.71. The molecule has 1 saturated carbocycles. The zero-order chi connectivity index (χ0) is 23.6. The van der Waals surface area contributed by atoms with Crippen LogP contribution in [0, 0.1) is 17.1 Å². The van der Waals surface area contributed by atoms with Crippen LogP contribution >= 0.6 is 0 Å². The molecule has 33 heavy (non-hydrogen) atoms. The summed E-state index contributed by atoms with van der Waals surface area (Å²) in [6.45, 7) is 7.26. The molecule has 2 fully saturated rings. The number of aromatic nitrogens is 2. The van der Waals surface area contributed by atoms with Crippen LogP contribution in [0.2, 0.25) is 0 Å². The molecule has 8 heteroatoms. The van der Waals surface area contributed by atoms with Gasteiger partial charge in [-0.1, -0.05) is 12.1 Å². The third-order valence-corrected chi connectivity index (χ3v) is 6.55. The molecule has 4 rings (SSSR count). The van der Waals surface area contributed by atoms with Gasteiger partial charge in [0.1, 0.15) is 17.5 Å². The Morgan fingerprint density at radius 3 is 2.64 bits per heavy atom. The van der Waals surface area contributed by atoms with Gasteiger partial charge in [-0.25, -0.2) is 9.18 Å². The van der Waals surface area contributed by atoms with Crippen LogP contribution in [-0.2, 0) is 4.74 Å². The zero-order valence-electron chi connectivity index (χ0n) is 19.5. The van der Waals surface area contributed by atoms with Gasteiger partial charge in [0.25, 0.3) is 0 Å². The van der Waals surface area contributed by atoms with Crippen molar-refractivity contribution >= 4 is 6.09 Å². The van der Waals surface area contributed by atoms with Crippen LogP contribution in [0.15, 0.2) is 36.7 Å². The molecule has 0 spiro atoms. The Labute approximate surface area is 194 Å². The van der Waals surface area contributed by atoms with Crippen LogP contribution < -0.4 is 5.32 Å². The molecule has 0 radical (unpaired) electrons. The number of halogens is 1. The van der Waals surface area contributed by atoms with E-state index >= 15 is 0 Å². The van der Waals surface area contributed by atoms with Gasteiger partial charge in [0, 0.05) is 24.8 Å². The van der Waals surface area contributed by atoms with Crippen LogP contribution in [0.25, 0.3) is 0 Å². The lowest BCUT2D eigenvalue weighted by atomic mass is 9.97. The molecule has 0 bridgehead atoms. The second kappa shape index (κ2) is 9.52. The third-order valence-electron chi connectivity index (χ3n) is 6.55. The van der Waals surface area contributed by atoms with E-state index in [1.54, 1.807) is 6.20 Å². The highest BCUT2D eigenvalue weighted by Gasteiger charge is 2.41. The lowest BCUT2D eigenvalue weighted by Gasteiger charge is -2.39. The molecule has 2 heterocycles. The Hall–Kier alpha value is -2.92. The number of carbonyl (C=O) groups is 1. The summed E-state index contributed by atoms with van der Waals surface area (Å²) in [4.78, 5) is 14.8. The number of alkyl carbamates (subject to hydrolysis) is 1. The van der Waals surface area contributed by atoms with Crippen molar-refractivity contribution in [1.29, 1.82) is 5.26 Å². The van der Waals surface area contributed by atoms with E-state index in [4.69, 9.17) is 4.74 Å². The highest BCUT2D eigenvalue weighted by atomic mass is 19.1. The summed E-state index contributed by atoms with van der Waals surface area (Å²) in [6.07, 6.45) is 6.70. The van der Waals surface area contributed by atoms with Gasteiger partial charge in [0.05, 0.1) is 17.8 Å². The minimum absolute atomic E-state index is 0.0198. The summed E-state index contributed by atoms with van der Waals surface area (Å²) in [7, 11) is 0. The van der Waals surface area contributed by atoms with Crippen molar-refractivity contribution in [2.45, 2.75) is 76.1 Å². The van der Waals surface area contributed by atoms with Crippen LogP contribution in [0.1, 0.15) is 69.5 Å². The van der Waals surface area contributed by atoms with Crippen LogP contribution in [0.4, 0.5) is 9.18 Å². The van der Waals surface area contributed by atoms with Gasteiger partial charge in [0.2, 0.25) is 0 Å². The van der Waals surface area contributed by atoms with Gasteiger partial charge in [-0.2, -0.15) is 10.4 Å². The predicted octanol–water partition coefficient (Wildman–Crippen LogP) is 4.37. The molecule has 4 atom stereocenters. The fourth-order valence-corrected chi connectivity index (χ4v) is 5.15. The summed E-state index contributed by atoms with van der Waals surface area (Å²) in [5.41, 5.74) is 1.13. The number of amides is 1. The van der Waals surface area contributed by atoms with E-state index in [9.17, 15) is 14.4 Å². The average molecular weight is 454 g/mol. The SMILES string of the molecule is CC(C)(C)OC(=O)N[C@@H]1CCCN(C2CC(c3ccc(F)cc3)CC2n2cc(C#N)cn2)C1. The number of nitrogens with one attached hydrogen (secondary N) is 1. The second-order valence-electron chi connectivity index (χ2n) is 10.2. The summed E-state index contributed by atoms with van der Waals surface area (Å²) >= 11 is 0. The molecule has 2 aliphatic rings. The molecule has 1 aliphatic heterocycles. The smallest absolute Gasteiger partial charge is 0.407 e. The fraction of sp³-hybridized carbons (Fsp3) is 0.560. The lowest BCUT2D eigenvalue weighted by molar-refractivity contribution is 0.0442. The molecule has 1 aliphatic carbocycles. The van der Waals surface area contributed by atoms with Crippen molar-refractivity contribution in [3.63, 3.8) is 0 Å². The first-order chi connectivity index (χ1) is 15.7. The van der Waals surface area contributed by atoms with Crippen molar-refractivity contribution in [2.75, 3.05) is 13.1 Å². The number of benzene rings is 1. The first-order valence-electron chi connectivity index (χ1n) is 11.6. The standard InChI is InChI=1S/C25H32FN5O2/c1-25(2,3)33-24(32)29-21-5-4-10-30(16-21)22-11-19(18-6-8-20(26)9-7-18)12-23(22)31-15-17(13-27)14-28-31/h6-9,14-15,19,21-23H,4-5,10-12,16H2,1-3H3,(H,29,32)/t19?,21-,22?,23?/m1/s1. The van der Waals surface area contributed by atoms with Crippen LogP contribution in [0.5, 0.6) is 0 Å². The Bertz CT molecular complexity index is 1010. The van der Waals surface area contributed by atoms with E-state index in [0.29, 0.717) is 5.56 Å². The zero-order valence-corrected chi connectivity index (χ0v) is 19.5. The van der Waals surface area contributed by atoms with E-state index in [-0.39, 0.29) is 36.0 Å². The summed E-state index contributed by atoms with van der Waals surface area (Å²) < 4.78 is 20.8. The molecule has 1 aromatic heterocycles. The lowest BCUT2D eigenvalue weighted by Crippen LogP contribution is -2.52. The van der Waals surface area contributed by atoms with Gasteiger partial charge < -0.3 is 10.1 Å². The first-order valence-corrected chi connectivity index (χ1v) is 11.6. The van der Waals surface area contributed by atoms with Crippen molar-refractivity contribution in [3.8, 4) is 6.07 Å². The number of piperidine rings is 1. The maximum absolute atomic E-state index is 13.5. The fourth-order valence-electron chi connectivity index (χ4n) is 5.15. The molecule has 1 saturated heterocycles. The molecule has 1 aromatic carbocycles. The second-order valence-corrected chi connectivity index (χ2v) is 10.2. The normalized spacial score (nSPS) is 26.0. The number of hydrogen-bond donors (Lipinski definition) is 1. The molecule has 3 unspecified atom stereocenters. The van der Waals surface area contributed by atoms with Crippen molar-refractivity contribution < 1.29 is 13.9 Å². The highest BCUT2D eigenvalue weighted by Crippen LogP contribution is 2.44. The number of ether oxygens (including phenoxy) is 1. The van der Waals surface area contributed by atoms with Crippen LogP contribution in [0.3, 0.4) is 0 Å². The minimum atomic E-state index is -0.532. The number of carbonyl (C=O) groups excluding carboxylic acids is 1.